The molecule has 0 aliphatic carbocycles. The van der Waals surface area contributed by atoms with Crippen LogP contribution in [0.15, 0.2) is 44.9 Å². The summed E-state index contributed by atoms with van der Waals surface area (Å²) in [5.74, 6) is -2.60. The molecular formula is C18H18Cl2F2N4O2. The number of benzene rings is 1. The van der Waals surface area contributed by atoms with E-state index in [0.29, 0.717) is 11.1 Å². The van der Waals surface area contributed by atoms with E-state index < -0.39 is 23.6 Å². The molecule has 1 aromatic carbocycles. The Hall–Kier alpha value is -2.42. The van der Waals surface area contributed by atoms with E-state index in [0.717, 1.165) is 18.3 Å². The number of carbonyl (C=O) groups excluding carboxylic acids is 1. The summed E-state index contributed by atoms with van der Waals surface area (Å²) in [7, 11) is 1.48. The van der Waals surface area contributed by atoms with Crippen LogP contribution < -0.4 is 16.8 Å². The lowest BCUT2D eigenvalue weighted by atomic mass is 10.1. The summed E-state index contributed by atoms with van der Waals surface area (Å²) < 4.78 is 31.7. The molecule has 10 heteroatoms. The highest BCUT2D eigenvalue weighted by molar-refractivity contribution is 6.48. The molecule has 2 rings (SSSR count). The van der Waals surface area contributed by atoms with Crippen molar-refractivity contribution < 1.29 is 18.0 Å². The van der Waals surface area contributed by atoms with Gasteiger partial charge in [-0.25, -0.2) is 8.78 Å². The van der Waals surface area contributed by atoms with Crippen LogP contribution in [0.1, 0.15) is 21.7 Å². The smallest absolute Gasteiger partial charge is 0.287 e. The fourth-order valence-electron chi connectivity index (χ4n) is 2.48. The van der Waals surface area contributed by atoms with Crippen molar-refractivity contribution in [2.75, 3.05) is 13.6 Å². The zero-order chi connectivity index (χ0) is 20.8. The van der Waals surface area contributed by atoms with Crippen LogP contribution in [0.25, 0.3) is 0 Å². The van der Waals surface area contributed by atoms with Gasteiger partial charge in [0.2, 0.25) is 5.22 Å². The van der Waals surface area contributed by atoms with E-state index in [-0.39, 0.29) is 34.7 Å². The first-order valence-corrected chi connectivity index (χ1v) is 8.85. The average molecular weight is 431 g/mol. The minimum Gasteiger partial charge on any atom is -0.439 e. The Morgan fingerprint density at radius 3 is 2.64 bits per heavy atom. The maximum absolute atomic E-state index is 13.4. The third-order valence-corrected chi connectivity index (χ3v) is 4.43. The number of nitrogens with two attached hydrogens (primary N) is 2. The molecule has 1 heterocycles. The molecule has 1 amide bonds. The normalized spacial score (nSPS) is 13.5. The van der Waals surface area contributed by atoms with E-state index >= 15 is 0 Å². The first kappa shape index (κ1) is 21.9. The van der Waals surface area contributed by atoms with Crippen molar-refractivity contribution in [2.24, 2.45) is 16.5 Å². The lowest BCUT2D eigenvalue weighted by Crippen LogP contribution is -2.41. The van der Waals surface area contributed by atoms with Crippen LogP contribution in [-0.4, -0.2) is 31.3 Å². The van der Waals surface area contributed by atoms with Crippen LogP contribution >= 0.6 is 23.2 Å². The predicted molar refractivity (Wildman–Crippen MR) is 105 cm³/mol. The number of amides is 1. The average Bonchev–Trinajstić information content (AvgIpc) is 3.06. The van der Waals surface area contributed by atoms with E-state index in [1.807, 2.05) is 0 Å². The predicted octanol–water partition coefficient (Wildman–Crippen LogP) is 2.97. The molecule has 6 nitrogen and oxygen atoms in total. The summed E-state index contributed by atoms with van der Waals surface area (Å²) >= 11 is 12.0. The second-order valence-corrected chi connectivity index (χ2v) is 6.49. The molecular weight excluding hydrogens is 413 g/mol. The number of nitrogens with one attached hydrogen (secondary N) is 1. The van der Waals surface area contributed by atoms with E-state index in [9.17, 15) is 13.6 Å². The molecule has 1 aromatic heterocycles. The van der Waals surface area contributed by atoms with Crippen molar-refractivity contribution in [1.82, 2.24) is 5.32 Å². The Morgan fingerprint density at radius 1 is 1.36 bits per heavy atom. The number of halogens is 4. The molecule has 1 unspecified atom stereocenters. The van der Waals surface area contributed by atoms with Gasteiger partial charge in [0.05, 0.1) is 16.3 Å². The summed E-state index contributed by atoms with van der Waals surface area (Å²) in [5.41, 5.74) is 12.1. The molecule has 150 valence electrons. The Balaban J connectivity index is 2.16. The number of allylic oxidation sites excluding steroid dienone is 1. The standard InChI is InChI=1S/C18H18Cl2F2N4O2/c1-25-16(12(19)8-24)11-6-15(28-17(11)20)18(27)26-10(7-23)4-9-2-3-13(21)14(22)5-9/h2-3,5-6,8,10H,4,7,23-24H2,1H3,(H,26,27). The van der Waals surface area contributed by atoms with Crippen LogP contribution in [0.4, 0.5) is 8.78 Å². The Labute approximate surface area is 170 Å². The van der Waals surface area contributed by atoms with Gasteiger partial charge in [0.15, 0.2) is 17.4 Å². The Bertz CT molecular complexity index is 928. The monoisotopic (exact) mass is 430 g/mol. The van der Waals surface area contributed by atoms with E-state index in [2.05, 4.69) is 10.3 Å². The molecule has 0 aliphatic heterocycles. The SMILES string of the molecule is CN=C(C(Cl)=CN)c1cc(C(=O)NC(CN)Cc2ccc(F)c(F)c2)oc1Cl. The van der Waals surface area contributed by atoms with Gasteiger partial charge in [0.1, 0.15) is 0 Å². The van der Waals surface area contributed by atoms with Gasteiger partial charge >= 0.3 is 0 Å². The Morgan fingerprint density at radius 2 is 2.07 bits per heavy atom. The second-order valence-electron chi connectivity index (χ2n) is 5.74. The molecule has 1 atom stereocenters. The molecule has 0 saturated carbocycles. The molecule has 0 spiro atoms. The number of rotatable bonds is 7. The Kier molecular flexibility index (Phi) is 7.56. The van der Waals surface area contributed by atoms with Gasteiger partial charge in [-0.2, -0.15) is 0 Å². The van der Waals surface area contributed by atoms with E-state index in [1.165, 1.54) is 19.2 Å². The lowest BCUT2D eigenvalue weighted by Gasteiger charge is -2.16. The highest BCUT2D eigenvalue weighted by Gasteiger charge is 2.22. The molecule has 28 heavy (non-hydrogen) atoms. The summed E-state index contributed by atoms with van der Waals surface area (Å²) in [5, 5.41) is 2.71. The van der Waals surface area contributed by atoms with Crippen molar-refractivity contribution in [3.05, 3.63) is 69.2 Å². The second kappa shape index (κ2) is 9.68. The van der Waals surface area contributed by atoms with Gasteiger partial charge in [-0.3, -0.25) is 9.79 Å². The topological polar surface area (TPSA) is 107 Å². The van der Waals surface area contributed by atoms with Gasteiger partial charge in [-0.05, 0) is 35.7 Å². The highest BCUT2D eigenvalue weighted by Crippen LogP contribution is 2.25. The molecule has 0 bridgehead atoms. The number of carbonyl (C=O) groups is 1. The third-order valence-electron chi connectivity index (χ3n) is 3.85. The summed E-state index contributed by atoms with van der Waals surface area (Å²) in [6.07, 6.45) is 1.34. The van der Waals surface area contributed by atoms with Gasteiger partial charge in [0.25, 0.3) is 5.91 Å². The molecule has 0 saturated heterocycles. The number of furan rings is 1. The lowest BCUT2D eigenvalue weighted by molar-refractivity contribution is 0.0910. The fourth-order valence-corrected chi connectivity index (χ4v) is 2.89. The number of hydrogen-bond donors (Lipinski definition) is 3. The summed E-state index contributed by atoms with van der Waals surface area (Å²) in [6.45, 7) is 0.0649. The maximum Gasteiger partial charge on any atom is 0.287 e. The van der Waals surface area contributed by atoms with Crippen LogP contribution in [-0.2, 0) is 6.42 Å². The van der Waals surface area contributed by atoms with Crippen molar-refractivity contribution in [3.8, 4) is 0 Å². The van der Waals surface area contributed by atoms with Crippen molar-refractivity contribution in [1.29, 1.82) is 0 Å². The molecule has 0 radical (unpaired) electrons. The van der Waals surface area contributed by atoms with Crippen molar-refractivity contribution in [2.45, 2.75) is 12.5 Å². The quantitative estimate of drug-likeness (QED) is 0.586. The minimum absolute atomic E-state index is 0.0649. The van der Waals surface area contributed by atoms with Crippen LogP contribution in [0.2, 0.25) is 5.22 Å². The van der Waals surface area contributed by atoms with Crippen molar-refractivity contribution in [3.63, 3.8) is 0 Å². The fraction of sp³-hybridized carbons (Fsp3) is 0.222. The molecule has 0 fully saturated rings. The molecule has 2 aromatic rings. The van der Waals surface area contributed by atoms with Crippen molar-refractivity contribution >= 4 is 34.8 Å². The maximum atomic E-state index is 13.4. The van der Waals surface area contributed by atoms with E-state index in [4.69, 9.17) is 39.1 Å². The number of hydrogen-bond acceptors (Lipinski definition) is 5. The van der Waals surface area contributed by atoms with Gasteiger partial charge < -0.3 is 21.2 Å². The zero-order valence-corrected chi connectivity index (χ0v) is 16.3. The number of nitrogens with zero attached hydrogens (tertiary/aromatic N) is 1. The van der Waals surface area contributed by atoms with Gasteiger partial charge in [0, 0.05) is 31.9 Å². The first-order valence-electron chi connectivity index (χ1n) is 8.09. The van der Waals surface area contributed by atoms with Crippen LogP contribution in [0.5, 0.6) is 0 Å². The largest absolute Gasteiger partial charge is 0.439 e. The van der Waals surface area contributed by atoms with Gasteiger partial charge in [-0.1, -0.05) is 17.7 Å². The summed E-state index contributed by atoms with van der Waals surface area (Å²) in [6, 6.07) is 4.31. The minimum atomic E-state index is -0.974. The third kappa shape index (κ3) is 5.09. The summed E-state index contributed by atoms with van der Waals surface area (Å²) in [4.78, 5) is 16.5. The van der Waals surface area contributed by atoms with E-state index in [1.54, 1.807) is 0 Å². The molecule has 5 N–H and O–H groups in total. The molecule has 0 aliphatic rings. The zero-order valence-electron chi connectivity index (χ0n) is 14.8. The highest BCUT2D eigenvalue weighted by atomic mass is 35.5. The van der Waals surface area contributed by atoms with Gasteiger partial charge in [-0.15, -0.1) is 0 Å². The first-order chi connectivity index (χ1) is 13.3. The van der Waals surface area contributed by atoms with Crippen LogP contribution in [0.3, 0.4) is 0 Å². The van der Waals surface area contributed by atoms with Crippen LogP contribution in [0, 0.1) is 11.6 Å². The number of aliphatic imine (C=N–C) groups is 1.